The normalized spacial score (nSPS) is 13.6. The van der Waals surface area contributed by atoms with Crippen LogP contribution in [0.15, 0.2) is 54.7 Å². The molecule has 1 aromatic heterocycles. The van der Waals surface area contributed by atoms with E-state index in [2.05, 4.69) is 16.4 Å². The molecule has 1 heterocycles. The fourth-order valence-corrected chi connectivity index (χ4v) is 2.75. The minimum absolute atomic E-state index is 0.0455. The molecule has 1 amide bonds. The van der Waals surface area contributed by atoms with Crippen LogP contribution in [0.2, 0.25) is 0 Å². The molecule has 6 nitrogen and oxygen atoms in total. The van der Waals surface area contributed by atoms with Gasteiger partial charge in [0.2, 0.25) is 0 Å². The van der Waals surface area contributed by atoms with Gasteiger partial charge in [-0.1, -0.05) is 18.2 Å². The molecule has 2 aromatic carbocycles. The summed E-state index contributed by atoms with van der Waals surface area (Å²) in [5, 5.41) is 22.8. The average molecular weight is 325 g/mol. The predicted octanol–water partition coefficient (Wildman–Crippen LogP) is 1.93. The molecule has 0 radical (unpaired) electrons. The Morgan fingerprint density at radius 3 is 2.67 bits per heavy atom. The number of fused-ring (bicyclic) bond motifs is 1. The number of nitrogens with one attached hydrogen (secondary N) is 3. The predicted molar refractivity (Wildman–Crippen MR) is 91.1 cm³/mol. The third-order valence-corrected chi connectivity index (χ3v) is 3.97. The van der Waals surface area contributed by atoms with Gasteiger partial charge in [-0.05, 0) is 37.1 Å². The molecule has 0 aliphatic rings. The Kier molecular flexibility index (Phi) is 4.61. The van der Waals surface area contributed by atoms with E-state index in [9.17, 15) is 10.0 Å². The van der Waals surface area contributed by atoms with E-state index in [0.29, 0.717) is 12.0 Å². The quantitative estimate of drug-likeness (QED) is 0.540. The van der Waals surface area contributed by atoms with E-state index >= 15 is 0 Å². The van der Waals surface area contributed by atoms with Gasteiger partial charge >= 0.3 is 0 Å². The maximum atomic E-state index is 12.3. The number of hydrogen-bond acceptors (Lipinski definition) is 3. The van der Waals surface area contributed by atoms with Crippen LogP contribution in [-0.4, -0.2) is 22.1 Å². The van der Waals surface area contributed by atoms with E-state index in [-0.39, 0.29) is 17.6 Å². The molecule has 124 valence electrons. The van der Waals surface area contributed by atoms with Gasteiger partial charge in [-0.25, -0.2) is 5.21 Å². The molecule has 0 aliphatic heterocycles. The summed E-state index contributed by atoms with van der Waals surface area (Å²) in [7, 11) is 0. The number of hydrogen-bond donors (Lipinski definition) is 4. The Morgan fingerprint density at radius 2 is 1.96 bits per heavy atom. The van der Waals surface area contributed by atoms with Crippen LogP contribution in [0.4, 0.5) is 5.69 Å². The molecule has 0 spiro atoms. The molecular formula is C18H19N3O3. The molecule has 3 aromatic rings. The van der Waals surface area contributed by atoms with Crippen molar-refractivity contribution in [1.82, 2.24) is 10.3 Å². The first kappa shape index (κ1) is 16.2. The Morgan fingerprint density at radius 1 is 1.25 bits per heavy atom. The van der Waals surface area contributed by atoms with Crippen LogP contribution in [0, 0.1) is 5.21 Å². The molecule has 6 heteroatoms. The summed E-state index contributed by atoms with van der Waals surface area (Å²) in [4.78, 5) is 15.5. The SMILES string of the molecule is CC(Cc1c[nH]c2ccccc12)NC(=O)c1ccc([NH+]([O-])O)cc1. The zero-order valence-corrected chi connectivity index (χ0v) is 13.2. The summed E-state index contributed by atoms with van der Waals surface area (Å²) in [6, 6.07) is 13.9. The second kappa shape index (κ2) is 6.84. The summed E-state index contributed by atoms with van der Waals surface area (Å²) >= 11 is 0. The molecule has 3 rings (SSSR count). The fraction of sp³-hybridized carbons (Fsp3) is 0.167. The molecule has 4 N–H and O–H groups in total. The van der Waals surface area contributed by atoms with E-state index < -0.39 is 5.23 Å². The fourth-order valence-electron chi connectivity index (χ4n) is 2.75. The molecule has 2 atom stereocenters. The van der Waals surface area contributed by atoms with E-state index in [0.717, 1.165) is 16.5 Å². The number of carbonyl (C=O) groups excluding carboxylic acids is 1. The second-order valence-corrected chi connectivity index (χ2v) is 5.82. The van der Waals surface area contributed by atoms with Crippen molar-refractivity contribution in [3.05, 3.63) is 71.1 Å². The second-order valence-electron chi connectivity index (χ2n) is 5.82. The molecular weight excluding hydrogens is 306 g/mol. The van der Waals surface area contributed by atoms with Gasteiger partial charge < -0.3 is 15.5 Å². The molecule has 2 unspecified atom stereocenters. The summed E-state index contributed by atoms with van der Waals surface area (Å²) < 4.78 is 0. The van der Waals surface area contributed by atoms with Crippen molar-refractivity contribution in [2.45, 2.75) is 19.4 Å². The Labute approximate surface area is 139 Å². The lowest BCUT2D eigenvalue weighted by Gasteiger charge is -2.15. The van der Waals surface area contributed by atoms with Crippen molar-refractivity contribution < 1.29 is 15.2 Å². The van der Waals surface area contributed by atoms with Crippen LogP contribution < -0.4 is 10.5 Å². The van der Waals surface area contributed by atoms with E-state index in [1.807, 2.05) is 31.3 Å². The minimum Gasteiger partial charge on any atom is -0.595 e. The lowest BCUT2D eigenvalue weighted by Crippen LogP contribution is -2.99. The van der Waals surface area contributed by atoms with Gasteiger partial charge in [-0.2, -0.15) is 5.23 Å². The number of H-pyrrole nitrogens is 1. The van der Waals surface area contributed by atoms with Gasteiger partial charge in [0.25, 0.3) is 5.91 Å². The topological polar surface area (TPSA) is 92.6 Å². The van der Waals surface area contributed by atoms with Gasteiger partial charge in [0.05, 0.1) is 0 Å². The number of rotatable bonds is 5. The molecule has 0 bridgehead atoms. The van der Waals surface area contributed by atoms with Crippen molar-refractivity contribution in [2.24, 2.45) is 0 Å². The van der Waals surface area contributed by atoms with Crippen LogP contribution >= 0.6 is 0 Å². The van der Waals surface area contributed by atoms with Gasteiger partial charge in [0.1, 0.15) is 0 Å². The first-order valence-electron chi connectivity index (χ1n) is 7.74. The van der Waals surface area contributed by atoms with E-state index in [1.54, 1.807) is 0 Å². The maximum absolute atomic E-state index is 12.3. The summed E-state index contributed by atoms with van der Waals surface area (Å²) in [5.74, 6) is -0.209. The van der Waals surface area contributed by atoms with Crippen LogP contribution in [0.1, 0.15) is 22.8 Å². The van der Waals surface area contributed by atoms with Crippen LogP contribution in [0.3, 0.4) is 0 Å². The summed E-state index contributed by atoms with van der Waals surface area (Å²) in [6.45, 7) is 1.95. The van der Waals surface area contributed by atoms with E-state index in [1.165, 1.54) is 24.3 Å². The molecule has 0 aliphatic carbocycles. The number of amides is 1. The summed E-state index contributed by atoms with van der Waals surface area (Å²) in [6.07, 6.45) is 2.68. The smallest absolute Gasteiger partial charge is 0.251 e. The first-order valence-corrected chi connectivity index (χ1v) is 7.74. The molecule has 0 saturated heterocycles. The number of aromatic nitrogens is 1. The molecule has 24 heavy (non-hydrogen) atoms. The van der Waals surface area contributed by atoms with Gasteiger partial charge in [-0.3, -0.25) is 4.79 Å². The van der Waals surface area contributed by atoms with Gasteiger partial charge in [0, 0.05) is 40.8 Å². The average Bonchev–Trinajstić information content (AvgIpc) is 2.98. The Hall–Kier alpha value is -2.67. The van der Waals surface area contributed by atoms with Crippen LogP contribution in [-0.2, 0) is 6.42 Å². The number of para-hydroxylation sites is 1. The number of benzene rings is 2. The zero-order valence-electron chi connectivity index (χ0n) is 13.2. The Balaban J connectivity index is 1.65. The van der Waals surface area contributed by atoms with Crippen molar-refractivity contribution in [3.8, 4) is 0 Å². The maximum Gasteiger partial charge on any atom is 0.251 e. The number of aromatic amines is 1. The highest BCUT2D eigenvalue weighted by Gasteiger charge is 2.13. The lowest BCUT2D eigenvalue weighted by atomic mass is 10.1. The third-order valence-electron chi connectivity index (χ3n) is 3.97. The monoisotopic (exact) mass is 325 g/mol. The largest absolute Gasteiger partial charge is 0.595 e. The Bertz CT molecular complexity index is 840. The standard InChI is InChI=1S/C18H19N3O3/c1-12(10-14-11-19-17-5-3-2-4-16(14)17)20-18(22)13-6-8-15(9-7-13)21(23)24/h2-9,11-12,19,21,23H,10H2,1H3,(H,20,22). The summed E-state index contributed by atoms with van der Waals surface area (Å²) in [5.41, 5.74) is 2.85. The van der Waals surface area contributed by atoms with Gasteiger partial charge in [0.15, 0.2) is 5.69 Å². The highest BCUT2D eigenvalue weighted by molar-refractivity contribution is 5.94. The lowest BCUT2D eigenvalue weighted by molar-refractivity contribution is -0.991. The first-order chi connectivity index (χ1) is 11.5. The molecule has 0 fully saturated rings. The van der Waals surface area contributed by atoms with Crippen molar-refractivity contribution in [1.29, 1.82) is 0 Å². The minimum atomic E-state index is -1.00. The highest BCUT2D eigenvalue weighted by atomic mass is 16.8. The zero-order chi connectivity index (χ0) is 17.1. The highest BCUT2D eigenvalue weighted by Crippen LogP contribution is 2.19. The molecule has 0 saturated carbocycles. The number of quaternary nitrogens is 1. The third kappa shape index (κ3) is 3.46. The number of carbonyl (C=O) groups is 1. The van der Waals surface area contributed by atoms with Crippen LogP contribution in [0.25, 0.3) is 10.9 Å². The van der Waals surface area contributed by atoms with Crippen molar-refractivity contribution in [3.63, 3.8) is 0 Å². The van der Waals surface area contributed by atoms with E-state index in [4.69, 9.17) is 5.21 Å². The van der Waals surface area contributed by atoms with Gasteiger partial charge in [-0.15, -0.1) is 0 Å². The van der Waals surface area contributed by atoms with Crippen molar-refractivity contribution in [2.75, 3.05) is 0 Å². The van der Waals surface area contributed by atoms with Crippen molar-refractivity contribution >= 4 is 22.5 Å². The van der Waals surface area contributed by atoms with Crippen LogP contribution in [0.5, 0.6) is 0 Å².